The smallest absolute Gasteiger partial charge is 0.0302 e. The van der Waals surface area contributed by atoms with E-state index in [0.717, 1.165) is 5.92 Å². The molecule has 0 saturated carbocycles. The largest absolute Gasteiger partial charge is 0.264 e. The molecule has 1 atom stereocenters. The number of aromatic nitrogens is 1. The van der Waals surface area contributed by atoms with Crippen molar-refractivity contribution in [1.29, 1.82) is 0 Å². The molecule has 1 aromatic heterocycles. The molecule has 1 aliphatic carbocycles. The summed E-state index contributed by atoms with van der Waals surface area (Å²) in [6, 6.07) is 13.0. The Bertz CT molecular complexity index is 504. The van der Waals surface area contributed by atoms with Crippen LogP contribution in [0.1, 0.15) is 41.9 Å². The van der Waals surface area contributed by atoms with E-state index < -0.39 is 0 Å². The predicted octanol–water partition coefficient (Wildman–Crippen LogP) is 4.13. The molecule has 18 heavy (non-hydrogen) atoms. The Morgan fingerprint density at radius 1 is 1.11 bits per heavy atom. The van der Waals surface area contributed by atoms with Gasteiger partial charge in [-0.05, 0) is 60.8 Å². The number of aryl methyl sites for hydroxylation is 2. The molecule has 0 bridgehead atoms. The zero-order chi connectivity index (χ0) is 12.2. The topological polar surface area (TPSA) is 12.9 Å². The zero-order valence-corrected chi connectivity index (χ0v) is 10.7. The minimum Gasteiger partial charge on any atom is -0.264 e. The zero-order valence-electron chi connectivity index (χ0n) is 10.7. The van der Waals surface area contributed by atoms with Crippen LogP contribution < -0.4 is 0 Å². The van der Waals surface area contributed by atoms with Crippen LogP contribution in [-0.2, 0) is 12.8 Å². The first-order valence-electron chi connectivity index (χ1n) is 6.90. The van der Waals surface area contributed by atoms with Gasteiger partial charge >= 0.3 is 0 Å². The van der Waals surface area contributed by atoms with Crippen LogP contribution in [0.15, 0.2) is 48.8 Å². The van der Waals surface area contributed by atoms with Crippen molar-refractivity contribution in [2.45, 2.75) is 38.0 Å². The molecule has 2 aromatic rings. The second kappa shape index (κ2) is 5.34. The van der Waals surface area contributed by atoms with Gasteiger partial charge in [-0.3, -0.25) is 4.98 Å². The molecule has 0 spiro atoms. The molecule has 1 unspecified atom stereocenters. The third-order valence-corrected chi connectivity index (χ3v) is 4.00. The van der Waals surface area contributed by atoms with E-state index >= 15 is 0 Å². The van der Waals surface area contributed by atoms with Gasteiger partial charge in [0, 0.05) is 12.4 Å². The van der Waals surface area contributed by atoms with Crippen molar-refractivity contribution in [2.24, 2.45) is 0 Å². The lowest BCUT2D eigenvalue weighted by molar-refractivity contribution is 0.519. The Kier molecular flexibility index (Phi) is 3.40. The molecule has 1 nitrogen and oxygen atoms in total. The van der Waals surface area contributed by atoms with Gasteiger partial charge in [0.15, 0.2) is 0 Å². The fourth-order valence-corrected chi connectivity index (χ4v) is 3.02. The van der Waals surface area contributed by atoms with E-state index in [-0.39, 0.29) is 0 Å². The summed E-state index contributed by atoms with van der Waals surface area (Å²) in [6.45, 7) is 0. The van der Waals surface area contributed by atoms with Crippen molar-refractivity contribution in [3.8, 4) is 0 Å². The monoisotopic (exact) mass is 237 g/mol. The van der Waals surface area contributed by atoms with Crippen LogP contribution in [0.3, 0.4) is 0 Å². The van der Waals surface area contributed by atoms with Gasteiger partial charge in [0.1, 0.15) is 0 Å². The van der Waals surface area contributed by atoms with Crippen LogP contribution in [0.25, 0.3) is 0 Å². The molecular weight excluding hydrogens is 218 g/mol. The predicted molar refractivity (Wildman–Crippen MR) is 74.7 cm³/mol. The quantitative estimate of drug-likeness (QED) is 0.782. The van der Waals surface area contributed by atoms with Gasteiger partial charge in [-0.25, -0.2) is 0 Å². The van der Waals surface area contributed by atoms with Crippen LogP contribution in [0, 0.1) is 0 Å². The van der Waals surface area contributed by atoms with E-state index in [9.17, 15) is 0 Å². The highest BCUT2D eigenvalue weighted by Gasteiger charge is 2.19. The highest BCUT2D eigenvalue weighted by molar-refractivity contribution is 5.30. The Morgan fingerprint density at radius 3 is 2.89 bits per heavy atom. The molecule has 0 N–H and O–H groups in total. The first-order valence-corrected chi connectivity index (χ1v) is 6.90. The molecule has 1 aliphatic rings. The van der Waals surface area contributed by atoms with E-state index in [0.29, 0.717) is 0 Å². The molecule has 3 rings (SSSR count). The summed E-state index contributed by atoms with van der Waals surface area (Å²) in [6.07, 6.45) is 10.3. The standard InChI is InChI=1S/C17H19N/c1-2-5-14(6-3-1)9-10-15-7-4-8-16-13-18-12-11-17(15)16/h1-3,5-6,11-13,15H,4,7-10H2. The fourth-order valence-electron chi connectivity index (χ4n) is 3.02. The minimum absolute atomic E-state index is 0.733. The summed E-state index contributed by atoms with van der Waals surface area (Å²) in [5.41, 5.74) is 4.48. The summed E-state index contributed by atoms with van der Waals surface area (Å²) in [7, 11) is 0. The molecule has 0 amide bonds. The molecule has 1 aromatic carbocycles. The first-order chi connectivity index (χ1) is 8.93. The van der Waals surface area contributed by atoms with Gasteiger partial charge in [-0.1, -0.05) is 30.3 Å². The lowest BCUT2D eigenvalue weighted by Gasteiger charge is -2.25. The third kappa shape index (κ3) is 2.45. The summed E-state index contributed by atoms with van der Waals surface area (Å²) in [5.74, 6) is 0.733. The van der Waals surface area contributed by atoms with Crippen LogP contribution >= 0.6 is 0 Å². The average Bonchev–Trinajstić information content (AvgIpc) is 2.46. The van der Waals surface area contributed by atoms with Crippen LogP contribution in [0.5, 0.6) is 0 Å². The van der Waals surface area contributed by atoms with E-state index in [1.165, 1.54) is 43.2 Å². The maximum absolute atomic E-state index is 4.25. The number of nitrogens with zero attached hydrogens (tertiary/aromatic N) is 1. The Balaban J connectivity index is 1.71. The van der Waals surface area contributed by atoms with Crippen molar-refractivity contribution in [3.05, 3.63) is 65.5 Å². The highest BCUT2D eigenvalue weighted by atomic mass is 14.6. The van der Waals surface area contributed by atoms with E-state index in [1.54, 1.807) is 5.56 Å². The molecule has 1 heterocycles. The van der Waals surface area contributed by atoms with Crippen LogP contribution in [0.4, 0.5) is 0 Å². The lowest BCUT2D eigenvalue weighted by atomic mass is 9.81. The summed E-state index contributed by atoms with van der Waals surface area (Å²) < 4.78 is 0. The van der Waals surface area contributed by atoms with Crippen molar-refractivity contribution in [1.82, 2.24) is 4.98 Å². The molecule has 0 fully saturated rings. The number of hydrogen-bond donors (Lipinski definition) is 0. The van der Waals surface area contributed by atoms with Gasteiger partial charge in [-0.15, -0.1) is 0 Å². The van der Waals surface area contributed by atoms with Gasteiger partial charge in [0.05, 0.1) is 0 Å². The summed E-state index contributed by atoms with van der Waals surface area (Å²) >= 11 is 0. The second-order valence-corrected chi connectivity index (χ2v) is 5.19. The van der Waals surface area contributed by atoms with Gasteiger partial charge in [-0.2, -0.15) is 0 Å². The Labute approximate surface area is 109 Å². The van der Waals surface area contributed by atoms with Gasteiger partial charge in [0.25, 0.3) is 0 Å². The molecule has 92 valence electrons. The number of hydrogen-bond acceptors (Lipinski definition) is 1. The van der Waals surface area contributed by atoms with E-state index in [2.05, 4.69) is 47.6 Å². The lowest BCUT2D eigenvalue weighted by Crippen LogP contribution is -2.11. The van der Waals surface area contributed by atoms with E-state index in [4.69, 9.17) is 0 Å². The number of rotatable bonds is 3. The Morgan fingerprint density at radius 2 is 2.00 bits per heavy atom. The third-order valence-electron chi connectivity index (χ3n) is 4.00. The molecule has 1 heteroatoms. The molecule has 0 aliphatic heterocycles. The fraction of sp³-hybridized carbons (Fsp3) is 0.353. The second-order valence-electron chi connectivity index (χ2n) is 5.19. The highest BCUT2D eigenvalue weighted by Crippen LogP contribution is 2.34. The molecule has 0 radical (unpaired) electrons. The van der Waals surface area contributed by atoms with Crippen LogP contribution in [-0.4, -0.2) is 4.98 Å². The minimum atomic E-state index is 0.733. The van der Waals surface area contributed by atoms with Crippen LogP contribution in [0.2, 0.25) is 0 Å². The summed E-state index contributed by atoms with van der Waals surface area (Å²) in [5, 5.41) is 0. The average molecular weight is 237 g/mol. The van der Waals surface area contributed by atoms with Gasteiger partial charge < -0.3 is 0 Å². The number of fused-ring (bicyclic) bond motifs is 1. The van der Waals surface area contributed by atoms with E-state index in [1.807, 2.05) is 6.20 Å². The molecular formula is C17H19N. The van der Waals surface area contributed by atoms with Crippen molar-refractivity contribution in [3.63, 3.8) is 0 Å². The van der Waals surface area contributed by atoms with Gasteiger partial charge in [0.2, 0.25) is 0 Å². The first kappa shape index (κ1) is 11.5. The maximum atomic E-state index is 4.25. The molecule has 0 saturated heterocycles. The van der Waals surface area contributed by atoms with Crippen molar-refractivity contribution < 1.29 is 0 Å². The number of benzene rings is 1. The normalized spacial score (nSPS) is 18.3. The number of pyridine rings is 1. The van der Waals surface area contributed by atoms with Crippen molar-refractivity contribution >= 4 is 0 Å². The Hall–Kier alpha value is -1.63. The SMILES string of the molecule is c1ccc(CCC2CCCc3cnccc32)cc1. The summed E-state index contributed by atoms with van der Waals surface area (Å²) in [4.78, 5) is 4.25. The maximum Gasteiger partial charge on any atom is 0.0302 e. The van der Waals surface area contributed by atoms with Crippen molar-refractivity contribution in [2.75, 3.05) is 0 Å².